The normalized spacial score (nSPS) is 18.4. The Kier molecular flexibility index (Phi) is 6.27. The van der Waals surface area contributed by atoms with Crippen LogP contribution in [0.4, 0.5) is 4.79 Å². The molecule has 1 aliphatic heterocycles. The van der Waals surface area contributed by atoms with Crippen molar-refractivity contribution in [2.24, 2.45) is 4.99 Å². The Morgan fingerprint density at radius 1 is 1.48 bits per heavy atom. The van der Waals surface area contributed by atoms with Crippen LogP contribution in [0, 0.1) is 6.92 Å². The van der Waals surface area contributed by atoms with Gasteiger partial charge >= 0.3 is 6.09 Å². The maximum absolute atomic E-state index is 11.9. The molecule has 2 N–H and O–H groups in total. The SMILES string of the molecule is CN=C(NCCn1cc(C)cn1)N1CCC(NC(=O)OC(C)(C)C)C1. The number of ether oxygens (including phenoxy) is 1. The van der Waals surface area contributed by atoms with E-state index in [1.807, 2.05) is 44.8 Å². The van der Waals surface area contributed by atoms with Crippen molar-refractivity contribution in [1.82, 2.24) is 25.3 Å². The van der Waals surface area contributed by atoms with Gasteiger partial charge < -0.3 is 20.3 Å². The highest BCUT2D eigenvalue weighted by Crippen LogP contribution is 2.12. The molecule has 1 atom stereocenters. The van der Waals surface area contributed by atoms with Gasteiger partial charge in [-0.3, -0.25) is 9.67 Å². The number of hydrogen-bond donors (Lipinski definition) is 2. The van der Waals surface area contributed by atoms with Crippen LogP contribution in [0.5, 0.6) is 0 Å². The number of guanidine groups is 1. The van der Waals surface area contributed by atoms with Crippen LogP contribution < -0.4 is 10.6 Å². The van der Waals surface area contributed by atoms with E-state index in [0.717, 1.165) is 44.1 Å². The Morgan fingerprint density at radius 3 is 2.84 bits per heavy atom. The Morgan fingerprint density at radius 2 is 2.24 bits per heavy atom. The number of nitrogens with one attached hydrogen (secondary N) is 2. The maximum Gasteiger partial charge on any atom is 0.407 e. The van der Waals surface area contributed by atoms with Gasteiger partial charge in [0.2, 0.25) is 0 Å². The van der Waals surface area contributed by atoms with Gasteiger partial charge in [0.15, 0.2) is 5.96 Å². The molecule has 8 nitrogen and oxygen atoms in total. The third-order valence-corrected chi connectivity index (χ3v) is 3.81. The summed E-state index contributed by atoms with van der Waals surface area (Å²) in [5, 5.41) is 10.6. The second kappa shape index (κ2) is 8.22. The Hall–Kier alpha value is -2.25. The predicted octanol–water partition coefficient (Wildman–Crippen LogP) is 1.37. The summed E-state index contributed by atoms with van der Waals surface area (Å²) in [5.74, 6) is 0.845. The number of aliphatic imine (C=N–C) groups is 1. The zero-order valence-corrected chi connectivity index (χ0v) is 15.9. The number of amides is 1. The molecule has 1 aliphatic rings. The summed E-state index contributed by atoms with van der Waals surface area (Å²) >= 11 is 0. The van der Waals surface area contributed by atoms with Crippen molar-refractivity contribution in [3.63, 3.8) is 0 Å². The maximum atomic E-state index is 11.9. The minimum absolute atomic E-state index is 0.0714. The first-order valence-corrected chi connectivity index (χ1v) is 8.71. The lowest BCUT2D eigenvalue weighted by atomic mass is 10.2. The molecule has 0 saturated carbocycles. The Balaban J connectivity index is 1.75. The molecule has 2 heterocycles. The van der Waals surface area contributed by atoms with Crippen LogP contribution in [0.3, 0.4) is 0 Å². The van der Waals surface area contributed by atoms with Crippen LogP contribution in [-0.4, -0.2) is 65.1 Å². The van der Waals surface area contributed by atoms with Crippen LogP contribution in [0.1, 0.15) is 32.8 Å². The summed E-state index contributed by atoms with van der Waals surface area (Å²) in [7, 11) is 1.77. The quantitative estimate of drug-likeness (QED) is 0.633. The molecular formula is C17H30N6O2. The monoisotopic (exact) mass is 350 g/mol. The van der Waals surface area contributed by atoms with Gasteiger partial charge in [0.25, 0.3) is 0 Å². The van der Waals surface area contributed by atoms with E-state index < -0.39 is 5.60 Å². The van der Waals surface area contributed by atoms with E-state index in [9.17, 15) is 4.79 Å². The number of alkyl carbamates (subject to hydrolysis) is 1. The Labute approximate surface area is 149 Å². The van der Waals surface area contributed by atoms with Crippen LogP contribution in [0.2, 0.25) is 0 Å². The molecule has 1 saturated heterocycles. The van der Waals surface area contributed by atoms with E-state index in [-0.39, 0.29) is 12.1 Å². The molecule has 25 heavy (non-hydrogen) atoms. The van der Waals surface area contributed by atoms with Crippen LogP contribution >= 0.6 is 0 Å². The van der Waals surface area contributed by atoms with Crippen LogP contribution in [0.25, 0.3) is 0 Å². The fourth-order valence-electron chi connectivity index (χ4n) is 2.75. The fraction of sp³-hybridized carbons (Fsp3) is 0.706. The van der Waals surface area contributed by atoms with E-state index in [4.69, 9.17) is 4.74 Å². The first-order valence-electron chi connectivity index (χ1n) is 8.71. The molecule has 1 aromatic rings. The summed E-state index contributed by atoms with van der Waals surface area (Å²) in [6, 6.07) is 0.0714. The highest BCUT2D eigenvalue weighted by molar-refractivity contribution is 5.80. The highest BCUT2D eigenvalue weighted by atomic mass is 16.6. The second-order valence-corrected chi connectivity index (χ2v) is 7.33. The largest absolute Gasteiger partial charge is 0.444 e. The molecule has 2 rings (SSSR count). The number of carbonyl (C=O) groups excluding carboxylic acids is 1. The number of nitrogens with zero attached hydrogens (tertiary/aromatic N) is 4. The van der Waals surface area contributed by atoms with E-state index in [2.05, 4.69) is 25.6 Å². The molecule has 0 aliphatic carbocycles. The first kappa shape index (κ1) is 19.1. The van der Waals surface area contributed by atoms with Crippen molar-refractivity contribution in [3.05, 3.63) is 18.0 Å². The van der Waals surface area contributed by atoms with Gasteiger partial charge in [-0.2, -0.15) is 5.10 Å². The van der Waals surface area contributed by atoms with Crippen molar-refractivity contribution in [2.45, 2.75) is 52.3 Å². The van der Waals surface area contributed by atoms with E-state index in [1.54, 1.807) is 7.05 Å². The molecule has 0 radical (unpaired) electrons. The summed E-state index contributed by atoms with van der Waals surface area (Å²) in [4.78, 5) is 18.4. The molecule has 0 bridgehead atoms. The topological polar surface area (TPSA) is 83.8 Å². The van der Waals surface area contributed by atoms with Gasteiger partial charge in [0, 0.05) is 32.9 Å². The smallest absolute Gasteiger partial charge is 0.407 e. The fourth-order valence-corrected chi connectivity index (χ4v) is 2.75. The molecular weight excluding hydrogens is 320 g/mol. The van der Waals surface area contributed by atoms with Gasteiger partial charge in [0.05, 0.1) is 18.8 Å². The molecule has 1 aromatic heterocycles. The van der Waals surface area contributed by atoms with Crippen molar-refractivity contribution < 1.29 is 9.53 Å². The number of hydrogen-bond acceptors (Lipinski definition) is 4. The van der Waals surface area contributed by atoms with Crippen LogP contribution in [0.15, 0.2) is 17.4 Å². The van der Waals surface area contributed by atoms with Gasteiger partial charge in [-0.25, -0.2) is 4.79 Å². The van der Waals surface area contributed by atoms with Crippen molar-refractivity contribution in [1.29, 1.82) is 0 Å². The summed E-state index contributed by atoms with van der Waals surface area (Å²) in [5.41, 5.74) is 0.671. The summed E-state index contributed by atoms with van der Waals surface area (Å²) < 4.78 is 7.22. The van der Waals surface area contributed by atoms with Crippen molar-refractivity contribution in [2.75, 3.05) is 26.7 Å². The van der Waals surface area contributed by atoms with E-state index in [0.29, 0.717) is 0 Å². The van der Waals surface area contributed by atoms with E-state index in [1.165, 1.54) is 0 Å². The zero-order chi connectivity index (χ0) is 18.4. The van der Waals surface area contributed by atoms with Gasteiger partial charge in [-0.1, -0.05) is 0 Å². The van der Waals surface area contributed by atoms with Gasteiger partial charge in [-0.05, 0) is 39.7 Å². The minimum atomic E-state index is -0.481. The number of aryl methyl sites for hydroxylation is 1. The third kappa shape index (κ3) is 6.28. The predicted molar refractivity (Wildman–Crippen MR) is 97.7 cm³/mol. The minimum Gasteiger partial charge on any atom is -0.444 e. The average Bonchev–Trinajstić information content (AvgIpc) is 3.11. The highest BCUT2D eigenvalue weighted by Gasteiger charge is 2.27. The molecule has 140 valence electrons. The number of likely N-dealkylation sites (tertiary alicyclic amines) is 1. The van der Waals surface area contributed by atoms with Gasteiger partial charge in [-0.15, -0.1) is 0 Å². The van der Waals surface area contributed by atoms with Gasteiger partial charge in [0.1, 0.15) is 5.60 Å². The van der Waals surface area contributed by atoms with Crippen molar-refractivity contribution >= 4 is 12.1 Å². The molecule has 8 heteroatoms. The second-order valence-electron chi connectivity index (χ2n) is 7.33. The molecule has 0 spiro atoms. The number of rotatable bonds is 4. The molecule has 0 aromatic carbocycles. The summed E-state index contributed by atoms with van der Waals surface area (Å²) in [6.07, 6.45) is 4.37. The zero-order valence-electron chi connectivity index (χ0n) is 15.9. The van der Waals surface area contributed by atoms with Crippen molar-refractivity contribution in [3.8, 4) is 0 Å². The molecule has 1 fully saturated rings. The number of carbonyl (C=O) groups is 1. The molecule has 1 unspecified atom stereocenters. The standard InChI is InChI=1S/C17H30N6O2/c1-13-10-20-23(11-13)9-7-19-15(18-5)22-8-6-14(12-22)21-16(24)25-17(2,3)4/h10-11,14H,6-9,12H2,1-5H3,(H,18,19)(H,21,24). The average molecular weight is 350 g/mol. The lowest BCUT2D eigenvalue weighted by Crippen LogP contribution is -2.44. The Bertz CT molecular complexity index is 605. The molecule has 1 amide bonds. The van der Waals surface area contributed by atoms with E-state index >= 15 is 0 Å². The third-order valence-electron chi connectivity index (χ3n) is 3.81. The lowest BCUT2D eigenvalue weighted by molar-refractivity contribution is 0.0507. The number of aromatic nitrogens is 2. The van der Waals surface area contributed by atoms with Crippen LogP contribution in [-0.2, 0) is 11.3 Å². The first-order chi connectivity index (χ1) is 11.8. The lowest BCUT2D eigenvalue weighted by Gasteiger charge is -2.23. The summed E-state index contributed by atoms with van der Waals surface area (Å²) in [6.45, 7) is 10.7.